The topological polar surface area (TPSA) is 24.4 Å². The standard InChI is InChI=1S/C34H44N2/c1-22(2)28-17-13-18-29(23(3)4)33(28)35-26(9)21-32(27-15-11-10-12-16-27)36-34-30(24(5)6)19-14-20-31(34)25(7)8/h10-25,35H,1-9H3/b26-21+,36-32?. The van der Waals surface area contributed by atoms with Gasteiger partial charge in [-0.2, -0.15) is 0 Å². The minimum Gasteiger partial charge on any atom is -0.359 e. The molecule has 0 aliphatic carbocycles. The van der Waals surface area contributed by atoms with Gasteiger partial charge in [-0.1, -0.05) is 122 Å². The molecule has 2 heteroatoms. The van der Waals surface area contributed by atoms with Crippen LogP contribution >= 0.6 is 0 Å². The summed E-state index contributed by atoms with van der Waals surface area (Å²) >= 11 is 0. The van der Waals surface area contributed by atoms with E-state index in [1.807, 2.05) is 0 Å². The van der Waals surface area contributed by atoms with Gasteiger partial charge in [0.2, 0.25) is 0 Å². The molecule has 0 saturated heterocycles. The van der Waals surface area contributed by atoms with E-state index in [1.54, 1.807) is 0 Å². The van der Waals surface area contributed by atoms with E-state index < -0.39 is 0 Å². The van der Waals surface area contributed by atoms with E-state index in [0.29, 0.717) is 23.7 Å². The second-order valence-corrected chi connectivity index (χ2v) is 11.0. The van der Waals surface area contributed by atoms with E-state index in [-0.39, 0.29) is 0 Å². The first-order chi connectivity index (χ1) is 17.1. The van der Waals surface area contributed by atoms with Crippen LogP contribution in [-0.4, -0.2) is 5.71 Å². The van der Waals surface area contributed by atoms with Crippen LogP contribution in [0.1, 0.15) is 114 Å². The summed E-state index contributed by atoms with van der Waals surface area (Å²) in [4.78, 5) is 5.37. The molecule has 2 nitrogen and oxygen atoms in total. The zero-order chi connectivity index (χ0) is 26.4. The first kappa shape index (κ1) is 27.5. The SMILES string of the molecule is C/C(=C\C(=Nc1c(C(C)C)cccc1C(C)C)c1ccccc1)Nc1c(C(C)C)cccc1C(C)C. The number of para-hydroxylation sites is 2. The lowest BCUT2D eigenvalue weighted by molar-refractivity contribution is 0.835. The summed E-state index contributed by atoms with van der Waals surface area (Å²) < 4.78 is 0. The fraction of sp³-hybridized carbons (Fsp3) is 0.382. The lowest BCUT2D eigenvalue weighted by Crippen LogP contribution is -2.08. The molecule has 0 amide bonds. The van der Waals surface area contributed by atoms with Crippen LogP contribution in [-0.2, 0) is 0 Å². The molecule has 0 aliphatic rings. The Morgan fingerprint density at radius 1 is 0.611 bits per heavy atom. The van der Waals surface area contributed by atoms with Crippen LogP contribution in [0.3, 0.4) is 0 Å². The maximum Gasteiger partial charge on any atom is 0.0726 e. The number of rotatable bonds is 9. The molecule has 0 bridgehead atoms. The highest BCUT2D eigenvalue weighted by Gasteiger charge is 2.16. The summed E-state index contributed by atoms with van der Waals surface area (Å²) in [6, 6.07) is 23.8. The van der Waals surface area contributed by atoms with Gasteiger partial charge < -0.3 is 5.32 Å². The van der Waals surface area contributed by atoms with Gasteiger partial charge in [0.25, 0.3) is 0 Å². The van der Waals surface area contributed by atoms with Gasteiger partial charge in [-0.3, -0.25) is 0 Å². The van der Waals surface area contributed by atoms with Crippen LogP contribution in [0.25, 0.3) is 0 Å². The Balaban J connectivity index is 2.18. The van der Waals surface area contributed by atoms with Crippen molar-refractivity contribution in [2.75, 3.05) is 5.32 Å². The van der Waals surface area contributed by atoms with Gasteiger partial charge in [-0.15, -0.1) is 0 Å². The molecule has 0 spiro atoms. The van der Waals surface area contributed by atoms with Gasteiger partial charge in [-0.05, 0) is 58.9 Å². The molecule has 0 aliphatic heterocycles. The van der Waals surface area contributed by atoms with Crippen LogP contribution in [0, 0.1) is 0 Å². The molecule has 3 aromatic rings. The molecular formula is C34H44N2. The van der Waals surface area contributed by atoms with Crippen molar-refractivity contribution in [2.24, 2.45) is 4.99 Å². The van der Waals surface area contributed by atoms with Crippen LogP contribution in [0.4, 0.5) is 11.4 Å². The van der Waals surface area contributed by atoms with E-state index in [2.05, 4.69) is 140 Å². The lowest BCUT2D eigenvalue weighted by atomic mass is 9.92. The number of anilines is 1. The molecule has 3 aromatic carbocycles. The summed E-state index contributed by atoms with van der Waals surface area (Å²) in [6.07, 6.45) is 2.21. The first-order valence-electron chi connectivity index (χ1n) is 13.4. The van der Waals surface area contributed by atoms with E-state index in [4.69, 9.17) is 4.99 Å². The predicted octanol–water partition coefficient (Wildman–Crippen LogP) is 10.3. The molecule has 0 saturated carbocycles. The Labute approximate surface area is 219 Å². The van der Waals surface area contributed by atoms with Crippen molar-refractivity contribution in [2.45, 2.75) is 86.0 Å². The maximum atomic E-state index is 5.37. The molecule has 0 radical (unpaired) electrons. The molecule has 0 heterocycles. The van der Waals surface area contributed by atoms with Crippen LogP contribution in [0.5, 0.6) is 0 Å². The smallest absolute Gasteiger partial charge is 0.0726 e. The molecule has 190 valence electrons. The highest BCUT2D eigenvalue weighted by Crippen LogP contribution is 2.36. The Hall–Kier alpha value is -3.13. The number of hydrogen-bond donors (Lipinski definition) is 1. The van der Waals surface area contributed by atoms with Gasteiger partial charge in [-0.25, -0.2) is 4.99 Å². The summed E-state index contributed by atoms with van der Waals surface area (Å²) in [5, 5.41) is 3.78. The summed E-state index contributed by atoms with van der Waals surface area (Å²) in [7, 11) is 0. The molecule has 36 heavy (non-hydrogen) atoms. The molecular weight excluding hydrogens is 436 g/mol. The molecule has 3 rings (SSSR count). The van der Waals surface area contributed by atoms with Crippen LogP contribution in [0.2, 0.25) is 0 Å². The van der Waals surface area contributed by atoms with Crippen LogP contribution < -0.4 is 5.32 Å². The zero-order valence-electron chi connectivity index (χ0n) is 23.7. The minimum absolute atomic E-state index is 0.397. The fourth-order valence-corrected chi connectivity index (χ4v) is 4.68. The van der Waals surface area contributed by atoms with Gasteiger partial charge in [0.05, 0.1) is 11.4 Å². The van der Waals surface area contributed by atoms with E-state index in [1.165, 1.54) is 27.9 Å². The third-order valence-corrected chi connectivity index (χ3v) is 6.69. The largest absolute Gasteiger partial charge is 0.359 e. The number of aliphatic imine (C=N–C) groups is 1. The lowest BCUT2D eigenvalue weighted by Gasteiger charge is -2.21. The molecule has 0 aromatic heterocycles. The molecule has 0 unspecified atom stereocenters. The summed E-state index contributed by atoms with van der Waals surface area (Å²) in [6.45, 7) is 20.2. The number of nitrogens with zero attached hydrogens (tertiary/aromatic N) is 1. The Morgan fingerprint density at radius 2 is 1.06 bits per heavy atom. The van der Waals surface area contributed by atoms with Gasteiger partial charge in [0.1, 0.15) is 0 Å². The average molecular weight is 481 g/mol. The zero-order valence-corrected chi connectivity index (χ0v) is 23.7. The fourth-order valence-electron chi connectivity index (χ4n) is 4.68. The van der Waals surface area contributed by atoms with Crippen molar-refractivity contribution < 1.29 is 0 Å². The van der Waals surface area contributed by atoms with Crippen molar-refractivity contribution in [3.63, 3.8) is 0 Å². The van der Waals surface area contributed by atoms with Crippen molar-refractivity contribution in [3.8, 4) is 0 Å². The predicted molar refractivity (Wildman–Crippen MR) is 159 cm³/mol. The highest BCUT2D eigenvalue weighted by molar-refractivity contribution is 6.10. The number of hydrogen-bond acceptors (Lipinski definition) is 2. The van der Waals surface area contributed by atoms with Gasteiger partial charge in [0.15, 0.2) is 0 Å². The van der Waals surface area contributed by atoms with Crippen molar-refractivity contribution in [1.29, 1.82) is 0 Å². The molecule has 1 N–H and O–H groups in total. The summed E-state index contributed by atoms with van der Waals surface area (Å²) in [5.74, 6) is 1.67. The summed E-state index contributed by atoms with van der Waals surface area (Å²) in [5.41, 5.74) is 10.8. The maximum absolute atomic E-state index is 5.37. The highest BCUT2D eigenvalue weighted by atomic mass is 14.9. The normalized spacial score (nSPS) is 12.8. The first-order valence-corrected chi connectivity index (χ1v) is 13.4. The number of nitrogens with one attached hydrogen (secondary N) is 1. The van der Waals surface area contributed by atoms with Crippen molar-refractivity contribution in [3.05, 3.63) is 106 Å². The second-order valence-electron chi connectivity index (χ2n) is 11.0. The van der Waals surface area contributed by atoms with Crippen molar-refractivity contribution >= 4 is 17.1 Å². The number of benzene rings is 3. The van der Waals surface area contributed by atoms with E-state index in [9.17, 15) is 0 Å². The molecule has 0 fully saturated rings. The van der Waals surface area contributed by atoms with E-state index in [0.717, 1.165) is 22.7 Å². The van der Waals surface area contributed by atoms with Gasteiger partial charge in [0, 0.05) is 16.9 Å². The Morgan fingerprint density at radius 3 is 1.50 bits per heavy atom. The van der Waals surface area contributed by atoms with E-state index >= 15 is 0 Å². The van der Waals surface area contributed by atoms with Gasteiger partial charge >= 0.3 is 0 Å². The second kappa shape index (κ2) is 12.2. The monoisotopic (exact) mass is 480 g/mol. The molecule has 0 atom stereocenters. The quantitative estimate of drug-likeness (QED) is 0.303. The minimum atomic E-state index is 0.397. The Bertz CT molecular complexity index is 1160. The third kappa shape index (κ3) is 6.55. The van der Waals surface area contributed by atoms with Crippen molar-refractivity contribution in [1.82, 2.24) is 0 Å². The third-order valence-electron chi connectivity index (χ3n) is 6.69. The Kier molecular flexibility index (Phi) is 9.31. The number of allylic oxidation sites excluding steroid dienone is 2. The average Bonchev–Trinajstić information content (AvgIpc) is 2.83. The van der Waals surface area contributed by atoms with Crippen LogP contribution in [0.15, 0.2) is 83.5 Å².